The first-order valence-electron chi connectivity index (χ1n) is 4.52. The number of hydrogen-bond donors (Lipinski definition) is 3. The Morgan fingerprint density at radius 2 is 2.50 bits per heavy atom. The maximum absolute atomic E-state index is 5.24. The molecule has 0 bridgehead atoms. The summed E-state index contributed by atoms with van der Waals surface area (Å²) in [6.07, 6.45) is 2.66. The van der Waals surface area contributed by atoms with Crippen molar-refractivity contribution in [1.82, 2.24) is 9.97 Å². The van der Waals surface area contributed by atoms with Crippen molar-refractivity contribution in [2.24, 2.45) is 5.84 Å². The first kappa shape index (κ1) is 9.17. The van der Waals surface area contributed by atoms with Crippen LogP contribution < -0.4 is 16.6 Å². The van der Waals surface area contributed by atoms with E-state index in [1.165, 1.54) is 0 Å². The van der Waals surface area contributed by atoms with Gasteiger partial charge in [0.1, 0.15) is 5.82 Å². The summed E-state index contributed by atoms with van der Waals surface area (Å²) in [5.41, 5.74) is 2.40. The molecule has 1 saturated heterocycles. The molecule has 0 amide bonds. The van der Waals surface area contributed by atoms with Crippen LogP contribution in [0.3, 0.4) is 0 Å². The van der Waals surface area contributed by atoms with E-state index in [0.29, 0.717) is 12.0 Å². The number of nitrogens with two attached hydrogens (primary N) is 1. The maximum Gasteiger partial charge on any atom is 0.239 e. The fourth-order valence-corrected chi connectivity index (χ4v) is 1.37. The molecule has 1 fully saturated rings. The molecule has 6 heteroatoms. The molecule has 0 aliphatic carbocycles. The molecule has 2 heterocycles. The Morgan fingerprint density at radius 3 is 3.21 bits per heavy atom. The number of hydrazine groups is 1. The van der Waals surface area contributed by atoms with E-state index in [-0.39, 0.29) is 0 Å². The van der Waals surface area contributed by atoms with Crippen molar-refractivity contribution < 1.29 is 4.74 Å². The molecular weight excluding hydrogens is 182 g/mol. The fraction of sp³-hybridized carbons (Fsp3) is 0.500. The molecule has 76 valence electrons. The zero-order valence-corrected chi connectivity index (χ0v) is 7.73. The quantitative estimate of drug-likeness (QED) is 0.463. The molecule has 0 radical (unpaired) electrons. The average molecular weight is 195 g/mol. The highest BCUT2D eigenvalue weighted by Crippen LogP contribution is 2.11. The Morgan fingerprint density at radius 1 is 1.57 bits per heavy atom. The van der Waals surface area contributed by atoms with Crippen LogP contribution in [0.4, 0.5) is 11.8 Å². The van der Waals surface area contributed by atoms with E-state index in [9.17, 15) is 0 Å². The summed E-state index contributed by atoms with van der Waals surface area (Å²) in [7, 11) is 0. The van der Waals surface area contributed by atoms with Crippen molar-refractivity contribution in [3.05, 3.63) is 12.3 Å². The fourth-order valence-electron chi connectivity index (χ4n) is 1.37. The van der Waals surface area contributed by atoms with Gasteiger partial charge < -0.3 is 10.1 Å². The molecule has 1 aromatic heterocycles. The minimum atomic E-state index is 0.343. The van der Waals surface area contributed by atoms with E-state index in [0.717, 1.165) is 25.5 Å². The van der Waals surface area contributed by atoms with Crippen LogP contribution in [0.25, 0.3) is 0 Å². The van der Waals surface area contributed by atoms with Gasteiger partial charge in [0.05, 0.1) is 12.6 Å². The highest BCUT2D eigenvalue weighted by atomic mass is 16.5. The Labute approximate surface area is 81.8 Å². The Balaban J connectivity index is 2.00. The summed E-state index contributed by atoms with van der Waals surface area (Å²) in [5, 5.41) is 3.24. The van der Waals surface area contributed by atoms with E-state index in [4.69, 9.17) is 10.6 Å². The zero-order valence-electron chi connectivity index (χ0n) is 7.73. The van der Waals surface area contributed by atoms with Crippen LogP contribution in [0.2, 0.25) is 0 Å². The molecule has 0 saturated carbocycles. The number of nitrogens with zero attached hydrogens (tertiary/aromatic N) is 2. The summed E-state index contributed by atoms with van der Waals surface area (Å²) in [4.78, 5) is 8.05. The molecule has 2 rings (SSSR count). The van der Waals surface area contributed by atoms with E-state index >= 15 is 0 Å². The number of rotatable bonds is 3. The molecular formula is C8H13N5O. The second-order valence-corrected chi connectivity index (χ2v) is 3.11. The van der Waals surface area contributed by atoms with Gasteiger partial charge in [-0.25, -0.2) is 10.8 Å². The molecule has 1 aromatic rings. The number of nitrogens with one attached hydrogen (secondary N) is 2. The van der Waals surface area contributed by atoms with Crippen LogP contribution in [0.15, 0.2) is 12.3 Å². The first-order chi connectivity index (χ1) is 6.88. The second kappa shape index (κ2) is 4.21. The van der Waals surface area contributed by atoms with Gasteiger partial charge in [-0.3, -0.25) is 5.43 Å². The van der Waals surface area contributed by atoms with Crippen molar-refractivity contribution in [3.63, 3.8) is 0 Å². The highest BCUT2D eigenvalue weighted by Gasteiger charge is 2.15. The van der Waals surface area contributed by atoms with Gasteiger partial charge in [0.15, 0.2) is 0 Å². The average Bonchev–Trinajstić information content (AvgIpc) is 2.71. The number of aromatic nitrogens is 2. The lowest BCUT2D eigenvalue weighted by Crippen LogP contribution is -2.20. The normalized spacial score (nSPS) is 20.8. The number of ether oxygens (including phenoxy) is 1. The Kier molecular flexibility index (Phi) is 2.76. The van der Waals surface area contributed by atoms with Gasteiger partial charge in [-0.05, 0) is 12.5 Å². The van der Waals surface area contributed by atoms with Gasteiger partial charge in [-0.15, -0.1) is 0 Å². The van der Waals surface area contributed by atoms with Gasteiger partial charge >= 0.3 is 0 Å². The predicted octanol–water partition coefficient (Wildman–Crippen LogP) is -0.0370. The van der Waals surface area contributed by atoms with Crippen LogP contribution in [0.5, 0.6) is 0 Å². The van der Waals surface area contributed by atoms with E-state index in [1.807, 2.05) is 0 Å². The van der Waals surface area contributed by atoms with Crippen molar-refractivity contribution in [2.75, 3.05) is 24.0 Å². The van der Waals surface area contributed by atoms with E-state index in [2.05, 4.69) is 20.7 Å². The standard InChI is InChI=1S/C8H13N5O/c9-13-8-10-3-1-7(12-8)11-6-2-4-14-5-6/h1,3,6H,2,4-5,9H2,(H2,10,11,12,13). The molecule has 1 aliphatic heterocycles. The summed E-state index contributed by atoms with van der Waals surface area (Å²) in [5.74, 6) is 6.38. The lowest BCUT2D eigenvalue weighted by molar-refractivity contribution is 0.195. The van der Waals surface area contributed by atoms with Crippen LogP contribution in [0.1, 0.15) is 6.42 Å². The summed E-state index contributed by atoms with van der Waals surface area (Å²) in [6.45, 7) is 1.54. The molecule has 1 atom stereocenters. The second-order valence-electron chi connectivity index (χ2n) is 3.11. The third-order valence-corrected chi connectivity index (χ3v) is 2.07. The van der Waals surface area contributed by atoms with Gasteiger partial charge in [0.2, 0.25) is 5.95 Å². The minimum absolute atomic E-state index is 0.343. The summed E-state index contributed by atoms with van der Waals surface area (Å²) in [6, 6.07) is 2.15. The SMILES string of the molecule is NNc1nccc(NC2CCOC2)n1. The van der Waals surface area contributed by atoms with Gasteiger partial charge in [0, 0.05) is 12.8 Å². The number of anilines is 2. The molecule has 4 N–H and O–H groups in total. The van der Waals surface area contributed by atoms with Crippen molar-refractivity contribution in [3.8, 4) is 0 Å². The van der Waals surface area contributed by atoms with Crippen molar-refractivity contribution in [2.45, 2.75) is 12.5 Å². The van der Waals surface area contributed by atoms with Crippen LogP contribution in [-0.2, 0) is 4.74 Å². The first-order valence-corrected chi connectivity index (χ1v) is 4.52. The molecule has 14 heavy (non-hydrogen) atoms. The van der Waals surface area contributed by atoms with Crippen molar-refractivity contribution in [1.29, 1.82) is 0 Å². The van der Waals surface area contributed by atoms with E-state index in [1.54, 1.807) is 12.3 Å². The topological polar surface area (TPSA) is 85.1 Å². The molecule has 0 spiro atoms. The molecule has 1 aliphatic rings. The lowest BCUT2D eigenvalue weighted by atomic mass is 10.2. The highest BCUT2D eigenvalue weighted by molar-refractivity contribution is 5.39. The van der Waals surface area contributed by atoms with Crippen LogP contribution in [-0.4, -0.2) is 29.2 Å². The number of hydrogen-bond acceptors (Lipinski definition) is 6. The lowest BCUT2D eigenvalue weighted by Gasteiger charge is -2.11. The van der Waals surface area contributed by atoms with Crippen LogP contribution >= 0.6 is 0 Å². The molecule has 6 nitrogen and oxygen atoms in total. The molecule has 0 aromatic carbocycles. The number of nitrogen functional groups attached to an aromatic ring is 1. The summed E-state index contributed by atoms with van der Waals surface area (Å²) < 4.78 is 5.24. The predicted molar refractivity (Wildman–Crippen MR) is 52.7 cm³/mol. The third kappa shape index (κ3) is 2.09. The third-order valence-electron chi connectivity index (χ3n) is 2.07. The Bertz CT molecular complexity index is 300. The maximum atomic E-state index is 5.24. The Hall–Kier alpha value is -1.40. The zero-order chi connectivity index (χ0) is 9.80. The van der Waals surface area contributed by atoms with Gasteiger partial charge in [-0.1, -0.05) is 0 Å². The van der Waals surface area contributed by atoms with Gasteiger partial charge in [-0.2, -0.15) is 4.98 Å². The summed E-state index contributed by atoms with van der Waals surface area (Å²) >= 11 is 0. The van der Waals surface area contributed by atoms with Gasteiger partial charge in [0.25, 0.3) is 0 Å². The largest absolute Gasteiger partial charge is 0.379 e. The van der Waals surface area contributed by atoms with E-state index < -0.39 is 0 Å². The van der Waals surface area contributed by atoms with Crippen molar-refractivity contribution >= 4 is 11.8 Å². The smallest absolute Gasteiger partial charge is 0.239 e. The minimum Gasteiger partial charge on any atom is -0.379 e. The molecule has 1 unspecified atom stereocenters. The van der Waals surface area contributed by atoms with Crippen LogP contribution in [0, 0.1) is 0 Å². The monoisotopic (exact) mass is 195 g/mol.